The Morgan fingerprint density at radius 1 is 0.875 bits per heavy atom. The number of rotatable bonds is 27. The second-order valence-corrected chi connectivity index (χ2v) is 19.3. The van der Waals surface area contributed by atoms with Crippen molar-refractivity contribution in [2.75, 3.05) is 61.3 Å². The first-order valence-corrected chi connectivity index (χ1v) is 24.4. The molecule has 1 heterocycles. The van der Waals surface area contributed by atoms with Crippen LogP contribution in [-0.4, -0.2) is 156 Å². The largest absolute Gasteiger partial charge is 0.412 e. The monoisotopic (exact) mass is 924 g/mol. The Morgan fingerprint density at radius 2 is 1.53 bits per heavy atom. The fourth-order valence-corrected chi connectivity index (χ4v) is 8.94. The molecule has 0 aromatic heterocycles. The topological polar surface area (TPSA) is 222 Å². The summed E-state index contributed by atoms with van der Waals surface area (Å²) in [6, 6.07) is 3.53. The van der Waals surface area contributed by atoms with E-state index in [9.17, 15) is 37.2 Å². The van der Waals surface area contributed by atoms with Crippen LogP contribution in [0.1, 0.15) is 98.5 Å². The van der Waals surface area contributed by atoms with Gasteiger partial charge in [-0.1, -0.05) is 79.4 Å². The zero-order valence-electron chi connectivity index (χ0n) is 40.2. The lowest BCUT2D eigenvalue weighted by molar-refractivity contribution is -0.146. The Bertz CT molecular complexity index is 1770. The van der Waals surface area contributed by atoms with Gasteiger partial charge in [0.15, 0.2) is 0 Å². The summed E-state index contributed by atoms with van der Waals surface area (Å²) in [5.41, 5.74) is 0.550. The number of methoxy groups -OCH3 is 2. The molecule has 19 heteroatoms. The predicted octanol–water partition coefficient (Wildman–Crippen LogP) is 3.08. The van der Waals surface area contributed by atoms with Crippen molar-refractivity contribution in [3.05, 3.63) is 29.8 Å². The number of ether oxygens (including phenoxy) is 3. The summed E-state index contributed by atoms with van der Waals surface area (Å²) in [6.45, 7) is 12.2. The van der Waals surface area contributed by atoms with Gasteiger partial charge in [-0.25, -0.2) is 13.2 Å². The van der Waals surface area contributed by atoms with E-state index in [1.165, 1.54) is 14.2 Å². The smallest absolute Gasteiger partial charge is 0.410 e. The van der Waals surface area contributed by atoms with E-state index < -0.39 is 70.2 Å². The molecule has 1 fully saturated rings. The number of likely N-dealkylation sites (N-methyl/N-ethyl adjacent to an activating group) is 2. The molecule has 0 spiro atoms. The number of nitrogens with one attached hydrogen (secondary N) is 4. The molecule has 2 rings (SSSR count). The lowest BCUT2D eigenvalue weighted by atomic mass is 9.90. The van der Waals surface area contributed by atoms with Gasteiger partial charge in [-0.05, 0) is 62.9 Å². The quantitative estimate of drug-likeness (QED) is 0.0936. The Balaban J connectivity index is 2.22. The van der Waals surface area contributed by atoms with Gasteiger partial charge in [-0.15, -0.1) is 0 Å². The molecule has 8 atom stereocenters. The molecule has 1 unspecified atom stereocenters. The third kappa shape index (κ3) is 17.6. The fraction of sp³-hybridized carbons (Fsp3) is 0.733. The minimum atomic E-state index is -3.99. The van der Waals surface area contributed by atoms with Crippen molar-refractivity contribution < 1.29 is 51.4 Å². The highest BCUT2D eigenvalue weighted by molar-refractivity contribution is 7.89. The van der Waals surface area contributed by atoms with Gasteiger partial charge in [-0.3, -0.25) is 33.6 Å². The van der Waals surface area contributed by atoms with Crippen LogP contribution in [0.4, 0.5) is 4.79 Å². The first-order valence-electron chi connectivity index (χ1n) is 22.5. The number of sulfonamides is 1. The highest BCUT2D eigenvalue weighted by atomic mass is 32.2. The van der Waals surface area contributed by atoms with Crippen LogP contribution in [0, 0.1) is 17.8 Å². The van der Waals surface area contributed by atoms with Gasteiger partial charge in [0.25, 0.3) is 5.91 Å². The van der Waals surface area contributed by atoms with E-state index in [1.807, 2.05) is 51.4 Å². The lowest BCUT2D eigenvalue weighted by Crippen LogP contribution is -2.56. The molecular formula is C45H77N7O11S. The molecule has 1 aromatic carbocycles. The summed E-state index contributed by atoms with van der Waals surface area (Å²) in [5.74, 6) is -3.06. The van der Waals surface area contributed by atoms with Gasteiger partial charge in [0.05, 0.1) is 55.5 Å². The lowest BCUT2D eigenvalue weighted by Gasteiger charge is -2.39. The van der Waals surface area contributed by atoms with E-state index in [4.69, 9.17) is 14.2 Å². The highest BCUT2D eigenvalue weighted by Crippen LogP contribution is 2.29. The van der Waals surface area contributed by atoms with Gasteiger partial charge in [-0.2, -0.15) is 0 Å². The summed E-state index contributed by atoms with van der Waals surface area (Å²) in [5, 5.41) is 8.20. The van der Waals surface area contributed by atoms with Crippen molar-refractivity contribution in [1.29, 1.82) is 0 Å². The molecule has 1 aliphatic heterocycles. The van der Waals surface area contributed by atoms with Crippen molar-refractivity contribution in [1.82, 2.24) is 35.4 Å². The maximum Gasteiger partial charge on any atom is 0.412 e. The Morgan fingerprint density at radius 3 is 2.08 bits per heavy atom. The van der Waals surface area contributed by atoms with Crippen LogP contribution in [0.5, 0.6) is 5.75 Å². The summed E-state index contributed by atoms with van der Waals surface area (Å²) in [4.78, 5) is 85.3. The van der Waals surface area contributed by atoms with Crippen molar-refractivity contribution >= 4 is 45.7 Å². The zero-order chi connectivity index (χ0) is 48.3. The summed E-state index contributed by atoms with van der Waals surface area (Å²) in [7, 11) is 4.23. The average molecular weight is 924 g/mol. The van der Waals surface area contributed by atoms with Crippen molar-refractivity contribution in [2.45, 2.75) is 136 Å². The number of nitrogens with zero attached hydrogens (tertiary/aromatic N) is 3. The zero-order valence-corrected chi connectivity index (χ0v) is 41.0. The van der Waals surface area contributed by atoms with E-state index in [0.717, 1.165) is 31.9 Å². The third-order valence-electron chi connectivity index (χ3n) is 12.0. The third-order valence-corrected chi connectivity index (χ3v) is 12.5. The van der Waals surface area contributed by atoms with Crippen LogP contribution >= 0.6 is 0 Å². The maximum atomic E-state index is 14.2. The number of unbranched alkanes of at least 4 members (excludes halogenated alkanes) is 3. The SMILES string of the molecule is CCCCCCNC(=O)Oc1ccc(C[C@H](NC(=O)[C@H](C)[C@@H](OC)[C@@H]2CCCN2C(=O)C[C@@H](OC)[C@H]([C@@H](C)CC)N(C)C(=O)CNC(=O)C(C(C)C)N(C)C)C(=O)NS(C)(=O)=O)cc1. The number of benzene rings is 1. The van der Waals surface area contributed by atoms with Gasteiger partial charge in [0.2, 0.25) is 33.7 Å². The number of amides is 6. The average Bonchev–Trinajstić information content (AvgIpc) is 3.71. The molecule has 0 radical (unpaired) electrons. The van der Waals surface area contributed by atoms with Crippen LogP contribution in [0.15, 0.2) is 24.3 Å². The van der Waals surface area contributed by atoms with Gasteiger partial charge >= 0.3 is 6.09 Å². The fourth-order valence-electron chi connectivity index (χ4n) is 8.43. The molecule has 4 N–H and O–H groups in total. The van der Waals surface area contributed by atoms with Crippen LogP contribution in [0.25, 0.3) is 0 Å². The first-order chi connectivity index (χ1) is 30.1. The highest BCUT2D eigenvalue weighted by Gasteiger charge is 2.42. The van der Waals surface area contributed by atoms with Gasteiger partial charge < -0.3 is 40.0 Å². The molecule has 1 aromatic rings. The van der Waals surface area contributed by atoms with E-state index in [0.29, 0.717) is 37.9 Å². The van der Waals surface area contributed by atoms with E-state index >= 15 is 0 Å². The van der Waals surface area contributed by atoms with Crippen LogP contribution in [-0.2, 0) is 49.9 Å². The minimum absolute atomic E-state index is 0.0254. The molecule has 6 amide bonds. The van der Waals surface area contributed by atoms with Gasteiger partial charge in [0, 0.05) is 40.8 Å². The number of likely N-dealkylation sites (tertiary alicyclic amines) is 1. The molecule has 364 valence electrons. The molecule has 0 bridgehead atoms. The molecule has 64 heavy (non-hydrogen) atoms. The molecule has 1 saturated heterocycles. The Hall–Kier alpha value is -4.33. The summed E-state index contributed by atoms with van der Waals surface area (Å²) >= 11 is 0. The maximum absolute atomic E-state index is 14.2. The normalized spacial score (nSPS) is 17.4. The Kier molecular flexibility index (Phi) is 23.7. The summed E-state index contributed by atoms with van der Waals surface area (Å²) < 4.78 is 43.4. The van der Waals surface area contributed by atoms with Crippen LogP contribution < -0.4 is 25.4 Å². The minimum Gasteiger partial charge on any atom is -0.410 e. The Labute approximate surface area is 381 Å². The second-order valence-electron chi connectivity index (χ2n) is 17.5. The van der Waals surface area contributed by atoms with Crippen LogP contribution in [0.3, 0.4) is 0 Å². The summed E-state index contributed by atoms with van der Waals surface area (Å²) in [6.07, 6.45) is 4.41. The van der Waals surface area contributed by atoms with E-state index in [-0.39, 0.29) is 54.7 Å². The molecular weight excluding hydrogens is 847 g/mol. The standard InChI is InChI=1S/C45H77N7O11S/c1-13-15-16-17-24-46-45(58)63-33-22-20-32(21-23-33)26-34(43(56)49-64(12,59)60)48-42(55)31(6)41(62-11)35-19-18-25-52(35)37(53)27-36(61-10)40(30(5)14-2)51(9)38(54)28-47-44(57)39(29(3)4)50(7)8/h20-23,29-31,34-36,39-41H,13-19,24-28H2,1-12H3,(H,46,58)(H,47,57)(H,48,55)(H,49,56)/t30-,31+,34-,35-,36+,39?,40-,41+/m0/s1. The van der Waals surface area contributed by atoms with Crippen molar-refractivity contribution in [3.8, 4) is 5.75 Å². The van der Waals surface area contributed by atoms with E-state index in [1.54, 1.807) is 48.0 Å². The number of carbonyl (C=O) groups is 6. The first kappa shape index (κ1) is 55.8. The number of hydrogen-bond donors (Lipinski definition) is 4. The molecule has 1 aliphatic rings. The predicted molar refractivity (Wildman–Crippen MR) is 245 cm³/mol. The van der Waals surface area contributed by atoms with Gasteiger partial charge in [0.1, 0.15) is 11.8 Å². The van der Waals surface area contributed by atoms with Crippen molar-refractivity contribution in [3.63, 3.8) is 0 Å². The van der Waals surface area contributed by atoms with E-state index in [2.05, 4.69) is 22.9 Å². The second kappa shape index (κ2) is 27.2. The van der Waals surface area contributed by atoms with Crippen LogP contribution in [0.2, 0.25) is 0 Å². The van der Waals surface area contributed by atoms with Crippen molar-refractivity contribution in [2.24, 2.45) is 17.8 Å². The molecule has 0 aliphatic carbocycles. The number of carbonyl (C=O) groups excluding carboxylic acids is 6. The number of hydrogen-bond acceptors (Lipinski definition) is 12. The molecule has 0 saturated carbocycles. The molecule has 18 nitrogen and oxygen atoms in total.